The molecule has 1 aromatic carbocycles. The highest BCUT2D eigenvalue weighted by Crippen LogP contribution is 2.31. The summed E-state index contributed by atoms with van der Waals surface area (Å²) >= 11 is 0. The van der Waals surface area contributed by atoms with Crippen LogP contribution in [0.25, 0.3) is 0 Å². The zero-order valence-electron chi connectivity index (χ0n) is 9.33. The molecule has 0 aliphatic heterocycles. The first-order valence-corrected chi connectivity index (χ1v) is 5.35. The smallest absolute Gasteiger partial charge is 0.157 e. The molecule has 3 N–H and O–H groups in total. The Balaban J connectivity index is 2.78. The molecule has 1 atom stereocenters. The second-order valence-corrected chi connectivity index (χ2v) is 3.75. The zero-order chi connectivity index (χ0) is 11.3. The van der Waals surface area contributed by atoms with Crippen LogP contribution in [0.3, 0.4) is 0 Å². The second kappa shape index (κ2) is 5.61. The highest BCUT2D eigenvalue weighted by molar-refractivity contribution is 5.41. The van der Waals surface area contributed by atoms with Crippen molar-refractivity contribution in [1.82, 2.24) is 5.32 Å². The van der Waals surface area contributed by atoms with Crippen LogP contribution in [0.15, 0.2) is 18.2 Å². The monoisotopic (exact) mass is 209 g/mol. The Morgan fingerprint density at radius 3 is 2.53 bits per heavy atom. The number of benzene rings is 1. The molecule has 84 valence electrons. The highest BCUT2D eigenvalue weighted by Gasteiger charge is 2.10. The van der Waals surface area contributed by atoms with Gasteiger partial charge in [0.15, 0.2) is 11.5 Å². The predicted molar refractivity (Wildman–Crippen MR) is 61.3 cm³/mol. The lowest BCUT2D eigenvalue weighted by Gasteiger charge is -2.15. The van der Waals surface area contributed by atoms with Crippen LogP contribution in [0.2, 0.25) is 0 Å². The molecule has 0 amide bonds. The van der Waals surface area contributed by atoms with Gasteiger partial charge in [-0.25, -0.2) is 0 Å². The fraction of sp³-hybridized carbons (Fsp3) is 0.500. The molecule has 1 unspecified atom stereocenters. The molecule has 3 heteroatoms. The largest absolute Gasteiger partial charge is 0.504 e. The number of phenols is 2. The van der Waals surface area contributed by atoms with Gasteiger partial charge in [0.05, 0.1) is 0 Å². The van der Waals surface area contributed by atoms with Crippen molar-refractivity contribution in [1.29, 1.82) is 0 Å². The topological polar surface area (TPSA) is 52.5 Å². The summed E-state index contributed by atoms with van der Waals surface area (Å²) < 4.78 is 0. The molecule has 0 heterocycles. The van der Waals surface area contributed by atoms with Crippen molar-refractivity contribution in [2.45, 2.75) is 25.7 Å². The lowest BCUT2D eigenvalue weighted by atomic mass is 9.93. The first-order valence-electron chi connectivity index (χ1n) is 5.35. The van der Waals surface area contributed by atoms with Gasteiger partial charge in [-0.1, -0.05) is 13.0 Å². The summed E-state index contributed by atoms with van der Waals surface area (Å²) in [5, 5.41) is 21.7. The van der Waals surface area contributed by atoms with Crippen LogP contribution >= 0.6 is 0 Å². The predicted octanol–water partition coefficient (Wildman–Crippen LogP) is 2.20. The molecule has 0 radical (unpaired) electrons. The summed E-state index contributed by atoms with van der Waals surface area (Å²) in [5.41, 5.74) is 1.09. The van der Waals surface area contributed by atoms with E-state index in [1.807, 2.05) is 13.1 Å². The lowest BCUT2D eigenvalue weighted by Crippen LogP contribution is -2.11. The van der Waals surface area contributed by atoms with Crippen molar-refractivity contribution in [3.8, 4) is 11.5 Å². The third kappa shape index (κ3) is 3.13. The first-order chi connectivity index (χ1) is 7.19. The molecule has 0 fully saturated rings. The van der Waals surface area contributed by atoms with Gasteiger partial charge >= 0.3 is 0 Å². The molecule has 0 saturated carbocycles. The summed E-state index contributed by atoms with van der Waals surface area (Å²) in [7, 11) is 1.93. The summed E-state index contributed by atoms with van der Waals surface area (Å²) in [6.45, 7) is 3.09. The maximum Gasteiger partial charge on any atom is 0.157 e. The lowest BCUT2D eigenvalue weighted by molar-refractivity contribution is 0.402. The molecule has 1 rings (SSSR count). The van der Waals surface area contributed by atoms with Crippen LogP contribution in [-0.2, 0) is 0 Å². The minimum Gasteiger partial charge on any atom is -0.504 e. The van der Waals surface area contributed by atoms with E-state index in [2.05, 4.69) is 12.2 Å². The minimum atomic E-state index is -0.0535. The molecule has 15 heavy (non-hydrogen) atoms. The Kier molecular flexibility index (Phi) is 4.43. The van der Waals surface area contributed by atoms with Crippen molar-refractivity contribution in [3.05, 3.63) is 23.8 Å². The number of hydrogen-bond donors (Lipinski definition) is 3. The van der Waals surface area contributed by atoms with Gasteiger partial charge in [0.1, 0.15) is 0 Å². The van der Waals surface area contributed by atoms with E-state index in [-0.39, 0.29) is 11.5 Å². The van der Waals surface area contributed by atoms with Gasteiger partial charge in [0.25, 0.3) is 0 Å². The van der Waals surface area contributed by atoms with Gasteiger partial charge < -0.3 is 15.5 Å². The molecule has 0 saturated heterocycles. The molecule has 0 aliphatic rings. The van der Waals surface area contributed by atoms with E-state index in [9.17, 15) is 10.2 Å². The van der Waals surface area contributed by atoms with E-state index in [1.165, 1.54) is 0 Å². The Morgan fingerprint density at radius 1 is 1.27 bits per heavy atom. The molecular weight excluding hydrogens is 190 g/mol. The van der Waals surface area contributed by atoms with E-state index in [4.69, 9.17) is 0 Å². The molecule has 0 aliphatic carbocycles. The SMILES string of the molecule is CCC(CCNC)c1ccc(O)c(O)c1. The quantitative estimate of drug-likeness (QED) is 0.652. The van der Waals surface area contributed by atoms with E-state index in [0.29, 0.717) is 5.92 Å². The minimum absolute atomic E-state index is 0.0320. The first kappa shape index (κ1) is 11.9. The summed E-state index contributed by atoms with van der Waals surface area (Å²) in [4.78, 5) is 0. The van der Waals surface area contributed by atoms with E-state index < -0.39 is 0 Å². The molecule has 0 aromatic heterocycles. The average molecular weight is 209 g/mol. The third-order valence-corrected chi connectivity index (χ3v) is 2.71. The number of aromatic hydroxyl groups is 2. The van der Waals surface area contributed by atoms with Gasteiger partial charge in [-0.05, 0) is 50.0 Å². The van der Waals surface area contributed by atoms with Crippen LogP contribution in [0, 0.1) is 0 Å². The number of nitrogens with one attached hydrogen (secondary N) is 1. The van der Waals surface area contributed by atoms with E-state index in [0.717, 1.165) is 24.9 Å². The van der Waals surface area contributed by atoms with Crippen LogP contribution in [0.4, 0.5) is 0 Å². The Morgan fingerprint density at radius 2 is 2.00 bits per heavy atom. The Bertz CT molecular complexity index is 312. The number of hydrogen-bond acceptors (Lipinski definition) is 3. The maximum atomic E-state index is 9.40. The van der Waals surface area contributed by atoms with Gasteiger partial charge in [-0.2, -0.15) is 0 Å². The molecule has 0 bridgehead atoms. The number of phenolic OH excluding ortho intramolecular Hbond substituents is 2. The zero-order valence-corrected chi connectivity index (χ0v) is 9.33. The summed E-state index contributed by atoms with van der Waals surface area (Å²) in [6.07, 6.45) is 2.07. The van der Waals surface area contributed by atoms with Crippen molar-refractivity contribution >= 4 is 0 Å². The molecule has 0 spiro atoms. The van der Waals surface area contributed by atoms with Crippen molar-refractivity contribution in [2.75, 3.05) is 13.6 Å². The fourth-order valence-corrected chi connectivity index (χ4v) is 1.72. The van der Waals surface area contributed by atoms with Crippen molar-refractivity contribution < 1.29 is 10.2 Å². The third-order valence-electron chi connectivity index (χ3n) is 2.71. The van der Waals surface area contributed by atoms with Gasteiger partial charge in [0, 0.05) is 0 Å². The van der Waals surface area contributed by atoms with Gasteiger partial charge in [0.2, 0.25) is 0 Å². The van der Waals surface area contributed by atoms with Crippen LogP contribution in [0.5, 0.6) is 11.5 Å². The van der Waals surface area contributed by atoms with Crippen LogP contribution in [0.1, 0.15) is 31.2 Å². The molecular formula is C12H19NO2. The van der Waals surface area contributed by atoms with E-state index in [1.54, 1.807) is 12.1 Å². The molecule has 1 aromatic rings. The van der Waals surface area contributed by atoms with Crippen molar-refractivity contribution in [3.63, 3.8) is 0 Å². The Labute approximate surface area is 90.8 Å². The normalized spacial score (nSPS) is 12.7. The molecule has 3 nitrogen and oxygen atoms in total. The van der Waals surface area contributed by atoms with Crippen LogP contribution < -0.4 is 5.32 Å². The average Bonchev–Trinajstić information content (AvgIpc) is 2.24. The second-order valence-electron chi connectivity index (χ2n) is 3.75. The van der Waals surface area contributed by atoms with E-state index >= 15 is 0 Å². The Hall–Kier alpha value is -1.22. The van der Waals surface area contributed by atoms with Gasteiger partial charge in [-0.15, -0.1) is 0 Å². The van der Waals surface area contributed by atoms with Crippen LogP contribution in [-0.4, -0.2) is 23.8 Å². The van der Waals surface area contributed by atoms with Gasteiger partial charge in [-0.3, -0.25) is 0 Å². The summed E-state index contributed by atoms with van der Waals surface area (Å²) in [5.74, 6) is 0.349. The standard InChI is InChI=1S/C12H19NO2/c1-3-9(6-7-13-2)10-4-5-11(14)12(15)8-10/h4-5,8-9,13-15H,3,6-7H2,1-2H3. The fourth-order valence-electron chi connectivity index (χ4n) is 1.72. The highest BCUT2D eigenvalue weighted by atomic mass is 16.3. The maximum absolute atomic E-state index is 9.40. The summed E-state index contributed by atoms with van der Waals surface area (Å²) in [6, 6.07) is 5.07. The number of rotatable bonds is 5. The van der Waals surface area contributed by atoms with Crippen molar-refractivity contribution in [2.24, 2.45) is 0 Å².